The number of likely N-dealkylation sites (tertiary alicyclic amines) is 1. The Labute approximate surface area is 155 Å². The normalized spacial score (nSPS) is 20.3. The Morgan fingerprint density at radius 2 is 2.12 bits per heavy atom. The molecule has 0 saturated carbocycles. The van der Waals surface area contributed by atoms with E-state index < -0.39 is 12.1 Å². The topological polar surface area (TPSA) is 86.3 Å². The third-order valence-electron chi connectivity index (χ3n) is 4.52. The third-order valence-corrected chi connectivity index (χ3v) is 6.15. The molecule has 0 bridgehead atoms. The van der Waals surface area contributed by atoms with Gasteiger partial charge in [0, 0.05) is 12.5 Å². The fraction of sp³-hybridized carbons (Fsp3) is 0.235. The average Bonchev–Trinajstić information content (AvgIpc) is 3.19. The van der Waals surface area contributed by atoms with Crippen molar-refractivity contribution in [2.45, 2.75) is 18.4 Å². The van der Waals surface area contributed by atoms with E-state index in [2.05, 4.69) is 25.9 Å². The molecule has 8 heteroatoms. The highest BCUT2D eigenvalue weighted by Crippen LogP contribution is 2.42. The third kappa shape index (κ3) is 2.85. The smallest absolute Gasteiger partial charge is 0.407 e. The lowest BCUT2D eigenvalue weighted by Gasteiger charge is -2.25. The number of halogens is 1. The predicted octanol–water partition coefficient (Wildman–Crippen LogP) is 3.96. The van der Waals surface area contributed by atoms with Crippen molar-refractivity contribution in [2.75, 3.05) is 6.54 Å². The van der Waals surface area contributed by atoms with Gasteiger partial charge in [0.1, 0.15) is 16.6 Å². The van der Waals surface area contributed by atoms with Crippen LogP contribution in [0, 0.1) is 0 Å². The van der Waals surface area contributed by atoms with Gasteiger partial charge in [-0.05, 0) is 34.0 Å². The standard InChI is InChI=1S/C17H14BrN3O3S/c18-12-8-11-14(25-12)16(22)20-15(19-11)13-10(6-7-21(13)17(23)24)9-4-2-1-3-5-9/h1-5,8,10,13H,6-7H2,(H,23,24)(H,19,20,22)/t10-,13+/m0/s1. The fourth-order valence-electron chi connectivity index (χ4n) is 3.46. The van der Waals surface area contributed by atoms with Crippen LogP contribution in [-0.4, -0.2) is 32.6 Å². The molecule has 1 amide bonds. The molecule has 4 rings (SSSR count). The maximum absolute atomic E-state index is 12.4. The molecule has 1 saturated heterocycles. The highest BCUT2D eigenvalue weighted by molar-refractivity contribution is 9.11. The van der Waals surface area contributed by atoms with E-state index in [0.29, 0.717) is 29.0 Å². The SMILES string of the molecule is O=C(O)N1CC[C@@H](c2ccccc2)[C@@H]1c1nc2cc(Br)sc2c(=O)[nH]1. The molecule has 1 aliphatic heterocycles. The van der Waals surface area contributed by atoms with Crippen molar-refractivity contribution in [1.82, 2.24) is 14.9 Å². The molecule has 25 heavy (non-hydrogen) atoms. The number of amides is 1. The highest BCUT2D eigenvalue weighted by Gasteiger charge is 2.40. The van der Waals surface area contributed by atoms with Gasteiger partial charge in [0.05, 0.1) is 9.30 Å². The number of rotatable bonds is 2. The van der Waals surface area contributed by atoms with Crippen molar-refractivity contribution < 1.29 is 9.90 Å². The van der Waals surface area contributed by atoms with E-state index in [1.54, 1.807) is 6.07 Å². The van der Waals surface area contributed by atoms with Crippen molar-refractivity contribution in [3.05, 3.63) is 61.9 Å². The summed E-state index contributed by atoms with van der Waals surface area (Å²) in [6.07, 6.45) is -0.312. The van der Waals surface area contributed by atoms with Gasteiger partial charge < -0.3 is 10.1 Å². The number of fused-ring (bicyclic) bond motifs is 1. The minimum atomic E-state index is -1.00. The molecular formula is C17H14BrN3O3S. The van der Waals surface area contributed by atoms with Gasteiger partial charge in [-0.3, -0.25) is 9.69 Å². The second-order valence-electron chi connectivity index (χ2n) is 5.94. The summed E-state index contributed by atoms with van der Waals surface area (Å²) in [6, 6.07) is 11.1. The molecule has 128 valence electrons. The average molecular weight is 420 g/mol. The van der Waals surface area contributed by atoms with Crippen LogP contribution in [0.25, 0.3) is 10.2 Å². The molecule has 3 aromatic rings. The van der Waals surface area contributed by atoms with Crippen LogP contribution < -0.4 is 5.56 Å². The van der Waals surface area contributed by atoms with Crippen LogP contribution in [0.3, 0.4) is 0 Å². The van der Waals surface area contributed by atoms with Crippen LogP contribution in [0.5, 0.6) is 0 Å². The molecule has 0 unspecified atom stereocenters. The number of hydrogen-bond donors (Lipinski definition) is 2. The number of hydrogen-bond acceptors (Lipinski definition) is 4. The number of H-pyrrole nitrogens is 1. The molecule has 1 aliphatic rings. The van der Waals surface area contributed by atoms with Crippen LogP contribution in [0.2, 0.25) is 0 Å². The summed E-state index contributed by atoms with van der Waals surface area (Å²) in [6.45, 7) is 0.411. The number of thiophene rings is 1. The molecule has 0 radical (unpaired) electrons. The Bertz CT molecular complexity index is 1000. The second kappa shape index (κ2) is 6.27. The molecular weight excluding hydrogens is 406 g/mol. The lowest BCUT2D eigenvalue weighted by Crippen LogP contribution is -2.32. The maximum atomic E-state index is 12.4. The molecule has 3 heterocycles. The number of aromatic amines is 1. The zero-order chi connectivity index (χ0) is 17.6. The molecule has 0 spiro atoms. The minimum Gasteiger partial charge on any atom is -0.465 e. The van der Waals surface area contributed by atoms with Gasteiger partial charge >= 0.3 is 6.09 Å². The monoisotopic (exact) mass is 419 g/mol. The van der Waals surface area contributed by atoms with Crippen LogP contribution in [-0.2, 0) is 0 Å². The predicted molar refractivity (Wildman–Crippen MR) is 99.2 cm³/mol. The van der Waals surface area contributed by atoms with Gasteiger partial charge in [0.25, 0.3) is 5.56 Å². The summed E-state index contributed by atoms with van der Waals surface area (Å²) in [5.74, 6) is 0.358. The lowest BCUT2D eigenvalue weighted by atomic mass is 9.91. The molecule has 1 fully saturated rings. The Balaban J connectivity index is 1.86. The maximum Gasteiger partial charge on any atom is 0.407 e. The van der Waals surface area contributed by atoms with Crippen molar-refractivity contribution in [3.63, 3.8) is 0 Å². The van der Waals surface area contributed by atoms with E-state index in [4.69, 9.17) is 0 Å². The summed E-state index contributed by atoms with van der Waals surface area (Å²) in [5.41, 5.74) is 1.39. The van der Waals surface area contributed by atoms with E-state index >= 15 is 0 Å². The second-order valence-corrected chi connectivity index (χ2v) is 8.37. The van der Waals surface area contributed by atoms with Crippen LogP contribution in [0.4, 0.5) is 4.79 Å². The number of carboxylic acid groups (broad SMARTS) is 1. The first-order chi connectivity index (χ1) is 12.0. The number of nitrogens with zero attached hydrogens (tertiary/aromatic N) is 2. The Morgan fingerprint density at radius 3 is 2.84 bits per heavy atom. The molecule has 6 nitrogen and oxygen atoms in total. The largest absolute Gasteiger partial charge is 0.465 e. The van der Waals surface area contributed by atoms with Gasteiger partial charge in [0.2, 0.25) is 0 Å². The van der Waals surface area contributed by atoms with Gasteiger partial charge in [-0.15, -0.1) is 11.3 Å². The Kier molecular flexibility index (Phi) is 4.09. The van der Waals surface area contributed by atoms with Crippen molar-refractivity contribution in [2.24, 2.45) is 0 Å². The van der Waals surface area contributed by atoms with Crippen LogP contribution >= 0.6 is 27.3 Å². The van der Waals surface area contributed by atoms with E-state index in [1.807, 2.05) is 30.3 Å². The number of benzene rings is 1. The van der Waals surface area contributed by atoms with Crippen molar-refractivity contribution in [1.29, 1.82) is 0 Å². The summed E-state index contributed by atoms with van der Waals surface area (Å²) in [7, 11) is 0. The number of nitrogens with one attached hydrogen (secondary N) is 1. The highest BCUT2D eigenvalue weighted by atomic mass is 79.9. The molecule has 1 aromatic carbocycles. The first-order valence-electron chi connectivity index (χ1n) is 7.78. The summed E-state index contributed by atoms with van der Waals surface area (Å²) < 4.78 is 1.35. The Morgan fingerprint density at radius 1 is 1.36 bits per heavy atom. The fourth-order valence-corrected chi connectivity index (χ4v) is 4.88. The first kappa shape index (κ1) is 16.3. The van der Waals surface area contributed by atoms with Gasteiger partial charge in [0.15, 0.2) is 0 Å². The summed E-state index contributed by atoms with van der Waals surface area (Å²) >= 11 is 4.69. The zero-order valence-corrected chi connectivity index (χ0v) is 15.4. The van der Waals surface area contributed by atoms with Gasteiger partial charge in [-0.2, -0.15) is 0 Å². The lowest BCUT2D eigenvalue weighted by molar-refractivity contribution is 0.136. The molecule has 2 N–H and O–H groups in total. The van der Waals surface area contributed by atoms with E-state index in [0.717, 1.165) is 9.35 Å². The summed E-state index contributed by atoms with van der Waals surface area (Å²) in [4.78, 5) is 32.9. The molecule has 2 aromatic heterocycles. The van der Waals surface area contributed by atoms with Gasteiger partial charge in [-0.25, -0.2) is 9.78 Å². The minimum absolute atomic E-state index is 0.0417. The number of carbonyl (C=O) groups is 1. The Hall–Kier alpha value is -2.19. The number of aromatic nitrogens is 2. The van der Waals surface area contributed by atoms with E-state index in [9.17, 15) is 14.7 Å². The van der Waals surface area contributed by atoms with Crippen LogP contribution in [0.1, 0.15) is 29.8 Å². The van der Waals surface area contributed by atoms with Crippen molar-refractivity contribution >= 4 is 43.6 Å². The van der Waals surface area contributed by atoms with Gasteiger partial charge in [-0.1, -0.05) is 30.3 Å². The first-order valence-corrected chi connectivity index (χ1v) is 9.39. The quantitative estimate of drug-likeness (QED) is 0.657. The van der Waals surface area contributed by atoms with Crippen LogP contribution in [0.15, 0.2) is 45.0 Å². The van der Waals surface area contributed by atoms with Crippen molar-refractivity contribution in [3.8, 4) is 0 Å². The summed E-state index contributed by atoms with van der Waals surface area (Å²) in [5, 5.41) is 9.60. The molecule has 2 atom stereocenters. The molecule has 0 aliphatic carbocycles. The van der Waals surface area contributed by atoms with E-state index in [1.165, 1.54) is 16.2 Å². The van der Waals surface area contributed by atoms with E-state index in [-0.39, 0.29) is 11.5 Å². The zero-order valence-electron chi connectivity index (χ0n) is 13.0.